The zero-order chi connectivity index (χ0) is 60.1. The number of nitrogens with one attached hydrogen (secondary N) is 3. The molecule has 4 atom stereocenters. The summed E-state index contributed by atoms with van der Waals surface area (Å²) in [4.78, 5) is 66.8. The van der Waals surface area contributed by atoms with Gasteiger partial charge in [-0.05, 0) is 73.5 Å². The van der Waals surface area contributed by atoms with Gasteiger partial charge in [0.15, 0.2) is 0 Å². The van der Waals surface area contributed by atoms with Gasteiger partial charge in [0.1, 0.15) is 24.7 Å². The summed E-state index contributed by atoms with van der Waals surface area (Å²) in [6.07, 6.45) is 8.02. The molecule has 5 aromatic rings. The monoisotopic (exact) mass is 1180 g/mol. The van der Waals surface area contributed by atoms with Gasteiger partial charge in [0.25, 0.3) is 16.6 Å². The third kappa shape index (κ3) is 20.6. The summed E-state index contributed by atoms with van der Waals surface area (Å²) in [5, 5.41) is 9.16. The van der Waals surface area contributed by atoms with E-state index >= 15 is 0 Å². The lowest BCUT2D eigenvalue weighted by atomic mass is 10.0. The van der Waals surface area contributed by atoms with Gasteiger partial charge in [0.2, 0.25) is 11.8 Å². The van der Waals surface area contributed by atoms with E-state index in [1.165, 1.54) is 12.8 Å². The van der Waals surface area contributed by atoms with Crippen LogP contribution in [-0.4, -0.2) is 79.4 Å². The molecule has 0 unspecified atom stereocenters. The van der Waals surface area contributed by atoms with Crippen LogP contribution in [0.3, 0.4) is 0 Å². The molecule has 3 aliphatic rings. The summed E-state index contributed by atoms with van der Waals surface area (Å²) in [6.45, 7) is 20.4. The van der Waals surface area contributed by atoms with Crippen LogP contribution in [0.5, 0.6) is 0 Å². The van der Waals surface area contributed by atoms with E-state index in [4.69, 9.17) is 19.3 Å². The summed E-state index contributed by atoms with van der Waals surface area (Å²) in [5.74, 6) is -1.52. The Kier molecular flexibility index (Phi) is 24.8. The average Bonchev–Trinajstić information content (AvgIpc) is 3.81. The van der Waals surface area contributed by atoms with Crippen molar-refractivity contribution in [3.8, 4) is 0 Å². The van der Waals surface area contributed by atoms with Crippen molar-refractivity contribution in [2.24, 2.45) is 5.73 Å². The normalized spacial score (nSPS) is 17.1. The molecule has 448 valence electrons. The van der Waals surface area contributed by atoms with Crippen molar-refractivity contribution in [2.75, 3.05) is 0 Å². The highest BCUT2D eigenvalue weighted by molar-refractivity contribution is 6.79. The van der Waals surface area contributed by atoms with Crippen LogP contribution >= 0.6 is 0 Å². The van der Waals surface area contributed by atoms with Crippen LogP contribution < -0.4 is 21.7 Å². The second kappa shape index (κ2) is 31.1. The predicted molar refractivity (Wildman–Crippen MR) is 343 cm³/mol. The molecule has 15 heteroatoms. The number of amides is 3. The standard InChI is InChI=1S/C34H42N2O5Si.C26H36N2O3Si.C8H18Si/c1-34(2,3)42(21-13-14-22-42)41-32(38)30(24-27-17-9-5-10-18-27)35-31(37)29(23-26-15-7-4-8-16-26)36-33(39)40-25-28-19-11-6-12-20-28;1-26(2,3)32(16-10-11-17-32)31-25(30)23(19-21-14-8-5-9-15-21)28-24(29)22(27)18-20-12-6-4-7-13-20;1-8(2,3)9-6-4-5-7-9/h4-12,15-20,29-30H,13-14,21-25H2,1-3H3,(H,35,37)(H,36,39);4-9,12-15,22-23H,10-11,16-19,27H2,1-3H3,(H,28,29);9H,4-7H2,1-3H3/t29-,30-;22-,23-;/m00./s1. The summed E-state index contributed by atoms with van der Waals surface area (Å²) >= 11 is 0. The van der Waals surface area contributed by atoms with Crippen LogP contribution in [0.1, 0.15) is 129 Å². The molecule has 5 N–H and O–H groups in total. The van der Waals surface area contributed by atoms with Crippen molar-refractivity contribution in [2.45, 2.75) is 209 Å². The first-order valence-electron chi connectivity index (χ1n) is 30.4. The van der Waals surface area contributed by atoms with Crippen molar-refractivity contribution in [3.05, 3.63) is 179 Å². The van der Waals surface area contributed by atoms with Crippen molar-refractivity contribution in [1.29, 1.82) is 0 Å². The predicted octanol–water partition coefficient (Wildman–Crippen LogP) is 13.5. The number of rotatable bonds is 19. The summed E-state index contributed by atoms with van der Waals surface area (Å²) in [5.41, 5.74) is 10.8. The molecule has 12 nitrogen and oxygen atoms in total. The highest BCUT2D eigenvalue weighted by atomic mass is 28.4. The zero-order valence-electron chi connectivity index (χ0n) is 51.2. The van der Waals surface area contributed by atoms with Crippen molar-refractivity contribution in [1.82, 2.24) is 16.0 Å². The van der Waals surface area contributed by atoms with E-state index in [-0.39, 0.29) is 50.2 Å². The molecule has 83 heavy (non-hydrogen) atoms. The van der Waals surface area contributed by atoms with Gasteiger partial charge in [-0.25, -0.2) is 4.79 Å². The summed E-state index contributed by atoms with van der Waals surface area (Å²) < 4.78 is 18.2. The van der Waals surface area contributed by atoms with Gasteiger partial charge in [0, 0.05) is 28.1 Å². The quantitative estimate of drug-likeness (QED) is 0.0587. The molecule has 0 saturated carbocycles. The minimum absolute atomic E-state index is 0.0375. The Morgan fingerprint density at radius 1 is 0.446 bits per heavy atom. The second-order valence-electron chi connectivity index (χ2n) is 26.3. The van der Waals surface area contributed by atoms with Crippen LogP contribution in [0, 0.1) is 0 Å². The van der Waals surface area contributed by atoms with E-state index in [1.54, 1.807) is 12.1 Å². The summed E-state index contributed by atoms with van der Waals surface area (Å²) in [7, 11) is -4.89. The number of nitrogens with two attached hydrogens (primary N) is 1. The fourth-order valence-electron chi connectivity index (χ4n) is 11.8. The first-order chi connectivity index (χ1) is 39.5. The molecule has 3 aliphatic heterocycles. The fourth-order valence-corrected chi connectivity index (χ4v) is 24.2. The average molecular weight is 1180 g/mol. The van der Waals surface area contributed by atoms with E-state index < -0.39 is 58.8 Å². The SMILES string of the molecule is CC(C)(C)[SiH]1CCCC1.CC(C)(C)[Si]1(OC(=O)[C@H](Cc2ccccc2)NC(=O)[C@@H](N)Cc2ccccc2)CCCC1.CC(C)(C)[Si]1(OC(=O)[C@H](Cc2ccccc2)NC(=O)[C@H](Cc2ccccc2)NC(=O)OCc2ccccc2)CCCC1. The lowest BCUT2D eigenvalue weighted by Gasteiger charge is -2.39. The molecule has 5 aromatic carbocycles. The molecule has 3 fully saturated rings. The first kappa shape index (κ1) is 66.0. The fraction of sp³-hybridized carbons (Fsp3) is 0.485. The number of ether oxygens (including phenoxy) is 1. The Balaban J connectivity index is 0.000000237. The topological polar surface area (TPSA) is 175 Å². The van der Waals surface area contributed by atoms with Gasteiger partial charge in [-0.2, -0.15) is 0 Å². The van der Waals surface area contributed by atoms with Gasteiger partial charge in [-0.15, -0.1) is 0 Å². The molecule has 0 aliphatic carbocycles. The first-order valence-corrected chi connectivity index (χ1v) is 37.3. The molecule has 0 aromatic heterocycles. The minimum atomic E-state index is -2.38. The number of carbonyl (C=O) groups is 5. The maximum Gasteiger partial charge on any atom is 0.408 e. The smallest absolute Gasteiger partial charge is 0.408 e. The molecular weight excluding hydrogens is 1090 g/mol. The molecule has 3 amide bonds. The van der Waals surface area contributed by atoms with Gasteiger partial charge in [-0.3, -0.25) is 19.2 Å². The Morgan fingerprint density at radius 2 is 0.771 bits per heavy atom. The van der Waals surface area contributed by atoms with Gasteiger partial charge in [0.05, 0.1) is 6.04 Å². The van der Waals surface area contributed by atoms with Gasteiger partial charge < -0.3 is 35.3 Å². The number of alkyl carbamates (subject to hydrolysis) is 1. The molecule has 3 saturated heterocycles. The van der Waals surface area contributed by atoms with E-state index in [1.807, 2.05) is 152 Å². The van der Waals surface area contributed by atoms with Crippen LogP contribution in [-0.2, 0) is 65.1 Å². The van der Waals surface area contributed by atoms with Crippen LogP contribution in [0.2, 0.25) is 51.4 Å². The van der Waals surface area contributed by atoms with Crippen molar-refractivity contribution in [3.63, 3.8) is 0 Å². The second-order valence-corrected chi connectivity index (χ2v) is 40.0. The molecule has 8 rings (SSSR count). The highest BCUT2D eigenvalue weighted by Crippen LogP contribution is 2.49. The molecule has 3 heterocycles. The van der Waals surface area contributed by atoms with Gasteiger partial charge in [-0.1, -0.05) is 265 Å². The third-order valence-electron chi connectivity index (χ3n) is 17.2. The Morgan fingerprint density at radius 3 is 1.11 bits per heavy atom. The maximum absolute atomic E-state index is 13.8. The lowest BCUT2D eigenvalue weighted by Crippen LogP contribution is -2.56. The summed E-state index contributed by atoms with van der Waals surface area (Å²) in [6, 6.07) is 51.5. The van der Waals surface area contributed by atoms with Crippen LogP contribution in [0.25, 0.3) is 0 Å². The largest absolute Gasteiger partial charge is 0.517 e. The van der Waals surface area contributed by atoms with Crippen LogP contribution in [0.15, 0.2) is 152 Å². The van der Waals surface area contributed by atoms with Crippen molar-refractivity contribution < 1.29 is 37.6 Å². The third-order valence-corrected chi connectivity index (χ3v) is 33.2. The Hall–Kier alpha value is -6.14. The van der Waals surface area contributed by atoms with Crippen LogP contribution in [0.4, 0.5) is 4.79 Å². The van der Waals surface area contributed by atoms with Gasteiger partial charge >= 0.3 is 18.0 Å². The van der Waals surface area contributed by atoms with E-state index in [0.717, 1.165) is 82.7 Å². The molecule has 0 radical (unpaired) electrons. The highest BCUT2D eigenvalue weighted by Gasteiger charge is 2.53. The number of carbonyl (C=O) groups excluding carboxylic acids is 5. The molecule has 0 bridgehead atoms. The molecular formula is C68H96N4O8Si3. The zero-order valence-corrected chi connectivity index (χ0v) is 54.3. The van der Waals surface area contributed by atoms with E-state index in [2.05, 4.69) is 78.3 Å². The molecule has 0 spiro atoms. The maximum atomic E-state index is 13.8. The Bertz CT molecular complexity index is 2770. The number of hydrogen-bond acceptors (Lipinski definition) is 9. The van der Waals surface area contributed by atoms with Crippen molar-refractivity contribution >= 4 is 55.3 Å². The minimum Gasteiger partial charge on any atom is -0.517 e. The van der Waals surface area contributed by atoms with E-state index in [9.17, 15) is 24.0 Å². The lowest BCUT2D eigenvalue weighted by molar-refractivity contribution is -0.141. The Labute approximate surface area is 500 Å². The number of benzene rings is 5. The van der Waals surface area contributed by atoms with E-state index in [0.29, 0.717) is 12.8 Å². The number of hydrogen-bond donors (Lipinski definition) is 4.